The molecule has 3 rings (SSSR count). The fraction of sp³-hybridized carbons (Fsp3) is 0.533. The van der Waals surface area contributed by atoms with Crippen LogP contribution in [0.25, 0.3) is 11.4 Å². The fourth-order valence-electron chi connectivity index (χ4n) is 2.97. The van der Waals surface area contributed by atoms with E-state index in [1.165, 1.54) is 25.7 Å². The summed E-state index contributed by atoms with van der Waals surface area (Å²) in [5.41, 5.74) is 6.85. The Labute approximate surface area is 118 Å². The first kappa shape index (κ1) is 13.2. The van der Waals surface area contributed by atoms with Crippen molar-refractivity contribution in [3.63, 3.8) is 0 Å². The molecule has 2 aromatic heterocycles. The summed E-state index contributed by atoms with van der Waals surface area (Å²) in [5.74, 6) is 1.33. The second kappa shape index (κ2) is 5.71. The minimum Gasteiger partial charge on any atom is -0.338 e. The van der Waals surface area contributed by atoms with E-state index in [-0.39, 0.29) is 5.41 Å². The fourth-order valence-corrected chi connectivity index (χ4v) is 2.97. The van der Waals surface area contributed by atoms with Gasteiger partial charge in [0.05, 0.1) is 5.41 Å². The van der Waals surface area contributed by atoms with Crippen molar-refractivity contribution in [3.05, 3.63) is 30.4 Å². The van der Waals surface area contributed by atoms with Crippen LogP contribution in [0.15, 0.2) is 29.0 Å². The minimum atomic E-state index is -0.130. The molecule has 1 aliphatic rings. The van der Waals surface area contributed by atoms with Crippen molar-refractivity contribution in [2.45, 2.75) is 43.9 Å². The van der Waals surface area contributed by atoms with Gasteiger partial charge in [0.25, 0.3) is 0 Å². The summed E-state index contributed by atoms with van der Waals surface area (Å²) >= 11 is 0. The van der Waals surface area contributed by atoms with Gasteiger partial charge in [0.1, 0.15) is 0 Å². The highest BCUT2D eigenvalue weighted by Crippen LogP contribution is 2.37. The van der Waals surface area contributed by atoms with Gasteiger partial charge >= 0.3 is 0 Å². The van der Waals surface area contributed by atoms with Crippen LogP contribution in [0.3, 0.4) is 0 Å². The Hall–Kier alpha value is -1.75. The zero-order chi connectivity index (χ0) is 13.8. The Kier molecular flexibility index (Phi) is 3.78. The summed E-state index contributed by atoms with van der Waals surface area (Å²) < 4.78 is 5.55. The predicted molar refractivity (Wildman–Crippen MR) is 76.0 cm³/mol. The molecule has 1 saturated carbocycles. The van der Waals surface area contributed by atoms with Gasteiger partial charge in [-0.3, -0.25) is 4.98 Å². The van der Waals surface area contributed by atoms with Crippen molar-refractivity contribution in [2.75, 3.05) is 6.54 Å². The first-order valence-corrected chi connectivity index (χ1v) is 7.29. The molecule has 0 aromatic carbocycles. The number of pyridine rings is 1. The van der Waals surface area contributed by atoms with Crippen molar-refractivity contribution in [2.24, 2.45) is 5.73 Å². The second-order valence-corrected chi connectivity index (χ2v) is 5.56. The zero-order valence-corrected chi connectivity index (χ0v) is 11.6. The molecule has 2 N–H and O–H groups in total. The van der Waals surface area contributed by atoms with Crippen molar-refractivity contribution in [1.29, 1.82) is 0 Å². The predicted octanol–water partition coefficient (Wildman–Crippen LogP) is 2.68. The molecular weight excluding hydrogens is 252 g/mol. The standard InChI is InChI=1S/C15H20N4O/c16-11-15(7-3-1-2-4-8-15)14-18-13(19-20-14)12-5-9-17-10-6-12/h5-6,9-10H,1-4,7-8,11,16H2. The topological polar surface area (TPSA) is 77.8 Å². The summed E-state index contributed by atoms with van der Waals surface area (Å²) in [5, 5.41) is 4.12. The quantitative estimate of drug-likeness (QED) is 0.869. The van der Waals surface area contributed by atoms with Crippen LogP contribution in [0.2, 0.25) is 0 Å². The highest BCUT2D eigenvalue weighted by molar-refractivity contribution is 5.52. The van der Waals surface area contributed by atoms with Gasteiger partial charge in [-0.25, -0.2) is 0 Å². The molecule has 0 radical (unpaired) electrons. The Morgan fingerprint density at radius 1 is 1.10 bits per heavy atom. The first-order valence-electron chi connectivity index (χ1n) is 7.29. The molecule has 1 fully saturated rings. The van der Waals surface area contributed by atoms with Gasteiger partial charge < -0.3 is 10.3 Å². The number of aromatic nitrogens is 3. The molecular formula is C15H20N4O. The van der Waals surface area contributed by atoms with E-state index >= 15 is 0 Å². The third-order valence-electron chi connectivity index (χ3n) is 4.27. The third-order valence-corrected chi connectivity index (χ3v) is 4.27. The number of nitrogens with zero attached hydrogens (tertiary/aromatic N) is 3. The van der Waals surface area contributed by atoms with Gasteiger partial charge in [-0.2, -0.15) is 4.98 Å². The van der Waals surface area contributed by atoms with Crippen LogP contribution in [-0.2, 0) is 5.41 Å². The summed E-state index contributed by atoms with van der Waals surface area (Å²) in [6, 6.07) is 3.77. The second-order valence-electron chi connectivity index (χ2n) is 5.56. The maximum Gasteiger partial charge on any atom is 0.234 e. The molecule has 0 unspecified atom stereocenters. The molecule has 0 aliphatic heterocycles. The van der Waals surface area contributed by atoms with Gasteiger partial charge in [0.15, 0.2) is 0 Å². The van der Waals surface area contributed by atoms with E-state index in [1.54, 1.807) is 12.4 Å². The van der Waals surface area contributed by atoms with E-state index in [1.807, 2.05) is 12.1 Å². The van der Waals surface area contributed by atoms with Crippen LogP contribution < -0.4 is 5.73 Å². The molecule has 0 bridgehead atoms. The molecule has 0 amide bonds. The average molecular weight is 272 g/mol. The lowest BCUT2D eigenvalue weighted by molar-refractivity contribution is 0.257. The Bertz CT molecular complexity index is 544. The SMILES string of the molecule is NCC1(c2nc(-c3ccncc3)no2)CCCCCC1. The number of hydrogen-bond donors (Lipinski definition) is 1. The Morgan fingerprint density at radius 3 is 2.45 bits per heavy atom. The van der Waals surface area contributed by atoms with Crippen molar-refractivity contribution >= 4 is 0 Å². The smallest absolute Gasteiger partial charge is 0.234 e. The van der Waals surface area contributed by atoms with Crippen LogP contribution in [0.1, 0.15) is 44.4 Å². The van der Waals surface area contributed by atoms with Gasteiger partial charge in [0.2, 0.25) is 11.7 Å². The molecule has 106 valence electrons. The molecule has 20 heavy (non-hydrogen) atoms. The molecule has 0 saturated heterocycles. The third kappa shape index (κ3) is 2.45. The largest absolute Gasteiger partial charge is 0.338 e. The maximum absolute atomic E-state index is 6.05. The van der Waals surface area contributed by atoms with Gasteiger partial charge in [-0.1, -0.05) is 30.8 Å². The van der Waals surface area contributed by atoms with E-state index in [4.69, 9.17) is 10.3 Å². The molecule has 2 heterocycles. The molecule has 0 atom stereocenters. The van der Waals surface area contributed by atoms with Crippen LogP contribution in [0.5, 0.6) is 0 Å². The summed E-state index contributed by atoms with van der Waals surface area (Å²) in [4.78, 5) is 8.61. The van der Waals surface area contributed by atoms with Crippen LogP contribution >= 0.6 is 0 Å². The van der Waals surface area contributed by atoms with Crippen LogP contribution in [-0.4, -0.2) is 21.7 Å². The van der Waals surface area contributed by atoms with E-state index in [0.717, 1.165) is 18.4 Å². The first-order chi connectivity index (χ1) is 9.84. The lowest BCUT2D eigenvalue weighted by Crippen LogP contribution is -2.35. The normalized spacial score (nSPS) is 18.6. The lowest BCUT2D eigenvalue weighted by Gasteiger charge is -2.26. The highest BCUT2D eigenvalue weighted by atomic mass is 16.5. The van der Waals surface area contributed by atoms with E-state index in [2.05, 4.69) is 15.1 Å². The Balaban J connectivity index is 1.91. The van der Waals surface area contributed by atoms with Gasteiger partial charge in [-0.15, -0.1) is 0 Å². The molecule has 5 nitrogen and oxygen atoms in total. The molecule has 2 aromatic rings. The van der Waals surface area contributed by atoms with Crippen molar-refractivity contribution in [3.8, 4) is 11.4 Å². The van der Waals surface area contributed by atoms with Gasteiger partial charge in [0, 0.05) is 24.5 Å². The van der Waals surface area contributed by atoms with Crippen LogP contribution in [0, 0.1) is 0 Å². The minimum absolute atomic E-state index is 0.130. The molecule has 0 spiro atoms. The van der Waals surface area contributed by atoms with Crippen molar-refractivity contribution in [1.82, 2.24) is 15.1 Å². The highest BCUT2D eigenvalue weighted by Gasteiger charge is 2.37. The van der Waals surface area contributed by atoms with E-state index in [0.29, 0.717) is 18.3 Å². The monoisotopic (exact) mass is 272 g/mol. The zero-order valence-electron chi connectivity index (χ0n) is 11.6. The number of nitrogens with two attached hydrogens (primary N) is 1. The summed E-state index contributed by atoms with van der Waals surface area (Å²) in [6.07, 6.45) is 10.5. The van der Waals surface area contributed by atoms with Gasteiger partial charge in [-0.05, 0) is 25.0 Å². The average Bonchev–Trinajstić information content (AvgIpc) is 2.88. The van der Waals surface area contributed by atoms with Crippen LogP contribution in [0.4, 0.5) is 0 Å². The molecule has 5 heteroatoms. The number of rotatable bonds is 3. The lowest BCUT2D eigenvalue weighted by atomic mass is 9.80. The van der Waals surface area contributed by atoms with Crippen molar-refractivity contribution < 1.29 is 4.52 Å². The molecule has 1 aliphatic carbocycles. The van der Waals surface area contributed by atoms with E-state index in [9.17, 15) is 0 Å². The van der Waals surface area contributed by atoms with E-state index < -0.39 is 0 Å². The summed E-state index contributed by atoms with van der Waals surface area (Å²) in [6.45, 7) is 0.574. The Morgan fingerprint density at radius 2 is 1.80 bits per heavy atom. The summed E-state index contributed by atoms with van der Waals surface area (Å²) in [7, 11) is 0. The maximum atomic E-state index is 6.05. The number of hydrogen-bond acceptors (Lipinski definition) is 5.